The molecule has 1 atom stereocenters. The minimum absolute atomic E-state index is 0.199. The first-order chi connectivity index (χ1) is 9.51. The van der Waals surface area contributed by atoms with Crippen LogP contribution in [0.1, 0.15) is 21.5 Å². The first kappa shape index (κ1) is 15.0. The molecule has 0 aromatic heterocycles. The monoisotopic (exact) mass is 340 g/mol. The van der Waals surface area contributed by atoms with Crippen LogP contribution in [-0.2, 0) is 6.42 Å². The third-order valence-electron chi connectivity index (χ3n) is 3.19. The van der Waals surface area contributed by atoms with Crippen LogP contribution in [-0.4, -0.2) is 7.11 Å². The van der Waals surface area contributed by atoms with Crippen molar-refractivity contribution < 1.29 is 13.5 Å². The molecule has 0 saturated carbocycles. The van der Waals surface area contributed by atoms with Gasteiger partial charge in [0.05, 0.1) is 7.11 Å². The predicted octanol–water partition coefficient (Wildman–Crippen LogP) is 4.96. The zero-order chi connectivity index (χ0) is 14.7. The number of methoxy groups -OCH3 is 1. The minimum atomic E-state index is -0.525. The second kappa shape index (κ2) is 6.35. The SMILES string of the molecule is COc1ccc(CC(Br)c2cc(C)c(F)cc2F)cc1. The molecule has 0 spiro atoms. The Morgan fingerprint density at radius 1 is 1.10 bits per heavy atom. The Labute approximate surface area is 125 Å². The lowest BCUT2D eigenvalue weighted by molar-refractivity contribution is 0.414. The van der Waals surface area contributed by atoms with Gasteiger partial charge >= 0.3 is 0 Å². The summed E-state index contributed by atoms with van der Waals surface area (Å²) in [5.74, 6) is -0.262. The molecule has 0 aliphatic rings. The van der Waals surface area contributed by atoms with Gasteiger partial charge in [0.2, 0.25) is 0 Å². The van der Waals surface area contributed by atoms with E-state index in [4.69, 9.17) is 4.74 Å². The van der Waals surface area contributed by atoms with Gasteiger partial charge in [-0.2, -0.15) is 0 Å². The first-order valence-corrected chi connectivity index (χ1v) is 7.15. The quantitative estimate of drug-likeness (QED) is 0.714. The average molecular weight is 341 g/mol. The summed E-state index contributed by atoms with van der Waals surface area (Å²) >= 11 is 3.47. The molecule has 106 valence electrons. The van der Waals surface area contributed by atoms with Crippen LogP contribution < -0.4 is 4.74 Å². The summed E-state index contributed by atoms with van der Waals surface area (Å²) in [6, 6.07) is 10.1. The lowest BCUT2D eigenvalue weighted by atomic mass is 10.0. The fourth-order valence-corrected chi connectivity index (χ4v) is 2.72. The fourth-order valence-electron chi connectivity index (χ4n) is 2.00. The van der Waals surface area contributed by atoms with E-state index in [1.165, 1.54) is 0 Å². The van der Waals surface area contributed by atoms with Gasteiger partial charge in [-0.1, -0.05) is 28.1 Å². The van der Waals surface area contributed by atoms with Crippen molar-refractivity contribution in [3.8, 4) is 5.75 Å². The summed E-state index contributed by atoms with van der Waals surface area (Å²) in [5, 5.41) is 0. The van der Waals surface area contributed by atoms with Gasteiger partial charge in [0.15, 0.2) is 0 Å². The maximum absolute atomic E-state index is 13.8. The summed E-state index contributed by atoms with van der Waals surface area (Å²) in [7, 11) is 1.61. The number of ether oxygens (including phenoxy) is 1. The highest BCUT2D eigenvalue weighted by molar-refractivity contribution is 9.09. The molecule has 0 N–H and O–H groups in total. The molecule has 2 aromatic carbocycles. The number of halogens is 3. The van der Waals surface area contributed by atoms with Gasteiger partial charge in [0.1, 0.15) is 17.4 Å². The van der Waals surface area contributed by atoms with E-state index < -0.39 is 11.6 Å². The number of benzene rings is 2. The molecular formula is C16H15BrF2O. The van der Waals surface area contributed by atoms with Gasteiger partial charge in [-0.15, -0.1) is 0 Å². The Hall–Kier alpha value is -1.42. The zero-order valence-electron chi connectivity index (χ0n) is 11.3. The molecule has 2 aromatic rings. The molecule has 2 rings (SSSR count). The molecule has 1 unspecified atom stereocenters. The van der Waals surface area contributed by atoms with Crippen molar-refractivity contribution in [2.24, 2.45) is 0 Å². The van der Waals surface area contributed by atoms with E-state index in [1.54, 1.807) is 20.1 Å². The highest BCUT2D eigenvalue weighted by Crippen LogP contribution is 2.31. The van der Waals surface area contributed by atoms with Crippen molar-refractivity contribution >= 4 is 15.9 Å². The van der Waals surface area contributed by atoms with Crippen LogP contribution in [0.25, 0.3) is 0 Å². The van der Waals surface area contributed by atoms with Crippen molar-refractivity contribution in [2.45, 2.75) is 18.2 Å². The molecule has 0 aliphatic carbocycles. The van der Waals surface area contributed by atoms with Crippen molar-refractivity contribution in [1.29, 1.82) is 0 Å². The van der Waals surface area contributed by atoms with Gasteiger partial charge in [-0.05, 0) is 42.7 Å². The zero-order valence-corrected chi connectivity index (χ0v) is 12.9. The van der Waals surface area contributed by atoms with Crippen LogP contribution in [0.4, 0.5) is 8.78 Å². The van der Waals surface area contributed by atoms with Crippen LogP contribution in [0.5, 0.6) is 5.75 Å². The van der Waals surface area contributed by atoms with Gasteiger partial charge in [0, 0.05) is 16.5 Å². The highest BCUT2D eigenvalue weighted by atomic mass is 79.9. The van der Waals surface area contributed by atoms with Crippen molar-refractivity contribution in [2.75, 3.05) is 7.11 Å². The van der Waals surface area contributed by atoms with Crippen molar-refractivity contribution in [3.05, 3.63) is 64.7 Å². The molecule has 4 heteroatoms. The third kappa shape index (κ3) is 3.37. The van der Waals surface area contributed by atoms with Gasteiger partial charge < -0.3 is 4.74 Å². The molecule has 0 aliphatic heterocycles. The summed E-state index contributed by atoms with van der Waals surface area (Å²) in [5.41, 5.74) is 1.97. The molecule has 1 nitrogen and oxygen atoms in total. The third-order valence-corrected chi connectivity index (χ3v) is 4.01. The molecule has 0 amide bonds. The van der Waals surface area contributed by atoms with E-state index in [9.17, 15) is 8.78 Å². The molecule has 0 radical (unpaired) electrons. The van der Waals surface area contributed by atoms with Gasteiger partial charge in [-0.3, -0.25) is 0 Å². The number of alkyl halides is 1. The summed E-state index contributed by atoms with van der Waals surface area (Å²) in [6.45, 7) is 1.63. The second-order valence-electron chi connectivity index (χ2n) is 4.64. The topological polar surface area (TPSA) is 9.23 Å². The highest BCUT2D eigenvalue weighted by Gasteiger charge is 2.15. The van der Waals surface area contributed by atoms with Crippen LogP contribution in [0, 0.1) is 18.6 Å². The fraction of sp³-hybridized carbons (Fsp3) is 0.250. The van der Waals surface area contributed by atoms with Crippen molar-refractivity contribution in [1.82, 2.24) is 0 Å². The molecular weight excluding hydrogens is 326 g/mol. The number of hydrogen-bond donors (Lipinski definition) is 0. The van der Waals surface area contributed by atoms with Crippen molar-refractivity contribution in [3.63, 3.8) is 0 Å². The summed E-state index contributed by atoms with van der Waals surface area (Å²) in [4.78, 5) is -0.199. The number of aryl methyl sites for hydroxylation is 1. The normalized spacial score (nSPS) is 12.2. The van der Waals surface area contributed by atoms with Crippen LogP contribution in [0.2, 0.25) is 0 Å². The van der Waals surface area contributed by atoms with E-state index in [0.717, 1.165) is 17.4 Å². The van der Waals surface area contributed by atoms with E-state index in [1.807, 2.05) is 24.3 Å². The molecule has 0 fully saturated rings. The largest absolute Gasteiger partial charge is 0.497 e. The molecule has 0 bridgehead atoms. The lowest BCUT2D eigenvalue weighted by Crippen LogP contribution is -2.01. The maximum atomic E-state index is 13.8. The van der Waals surface area contributed by atoms with E-state index in [-0.39, 0.29) is 4.83 Å². The Bertz CT molecular complexity index is 596. The Kier molecular flexibility index (Phi) is 4.76. The van der Waals surface area contributed by atoms with Gasteiger partial charge in [-0.25, -0.2) is 8.78 Å². The smallest absolute Gasteiger partial charge is 0.130 e. The van der Waals surface area contributed by atoms with Gasteiger partial charge in [0.25, 0.3) is 0 Å². The average Bonchev–Trinajstić information content (AvgIpc) is 2.43. The predicted molar refractivity (Wildman–Crippen MR) is 79.5 cm³/mol. The second-order valence-corrected chi connectivity index (χ2v) is 5.75. The Balaban J connectivity index is 2.18. The standard InChI is InChI=1S/C16H15BrF2O/c1-10-7-13(16(19)9-15(10)18)14(17)8-11-3-5-12(20-2)6-4-11/h3-7,9,14H,8H2,1-2H3. The minimum Gasteiger partial charge on any atom is -0.497 e. The summed E-state index contributed by atoms with van der Waals surface area (Å²) < 4.78 is 32.2. The molecule has 0 heterocycles. The van der Waals surface area contributed by atoms with E-state index in [0.29, 0.717) is 17.5 Å². The maximum Gasteiger partial charge on any atom is 0.130 e. The molecule has 20 heavy (non-hydrogen) atoms. The Morgan fingerprint density at radius 2 is 1.75 bits per heavy atom. The van der Waals surface area contributed by atoms with Crippen LogP contribution >= 0.6 is 15.9 Å². The van der Waals surface area contributed by atoms with Crippen LogP contribution in [0.3, 0.4) is 0 Å². The molecule has 0 saturated heterocycles. The van der Waals surface area contributed by atoms with E-state index in [2.05, 4.69) is 15.9 Å². The van der Waals surface area contributed by atoms with Crippen LogP contribution in [0.15, 0.2) is 36.4 Å². The summed E-state index contributed by atoms with van der Waals surface area (Å²) in [6.07, 6.45) is 0.617. The number of rotatable bonds is 4. The lowest BCUT2D eigenvalue weighted by Gasteiger charge is -2.13. The first-order valence-electron chi connectivity index (χ1n) is 6.24. The van der Waals surface area contributed by atoms with E-state index >= 15 is 0 Å². The number of hydrogen-bond acceptors (Lipinski definition) is 1. The Morgan fingerprint density at radius 3 is 2.35 bits per heavy atom.